The SMILES string of the molecule is O=C(CSc1nnc(C2CCCCC2)o1)N1N=C(c2cccs2)CC1c1ccco1. The van der Waals surface area contributed by atoms with Gasteiger partial charge in [-0.15, -0.1) is 21.5 Å². The normalized spacial score (nSPS) is 19.9. The monoisotopic (exact) mass is 442 g/mol. The summed E-state index contributed by atoms with van der Waals surface area (Å²) in [5, 5.41) is 17.0. The quantitative estimate of drug-likeness (QED) is 0.485. The number of aromatic nitrogens is 2. The molecule has 1 saturated carbocycles. The molecular formula is C21H22N4O3S2. The van der Waals surface area contributed by atoms with E-state index in [0.29, 0.717) is 23.5 Å². The Morgan fingerprint density at radius 3 is 2.87 bits per heavy atom. The van der Waals surface area contributed by atoms with Crippen LogP contribution < -0.4 is 0 Å². The van der Waals surface area contributed by atoms with Gasteiger partial charge in [0.25, 0.3) is 11.1 Å². The summed E-state index contributed by atoms with van der Waals surface area (Å²) < 4.78 is 11.4. The summed E-state index contributed by atoms with van der Waals surface area (Å²) in [5.41, 5.74) is 0.905. The van der Waals surface area contributed by atoms with Crippen LogP contribution in [0, 0.1) is 0 Å². The lowest BCUT2D eigenvalue weighted by Gasteiger charge is -2.19. The van der Waals surface area contributed by atoms with Crippen molar-refractivity contribution in [2.24, 2.45) is 5.10 Å². The van der Waals surface area contributed by atoms with Gasteiger partial charge in [-0.2, -0.15) is 5.10 Å². The molecule has 156 valence electrons. The zero-order valence-electron chi connectivity index (χ0n) is 16.4. The van der Waals surface area contributed by atoms with Gasteiger partial charge in [0.2, 0.25) is 5.89 Å². The van der Waals surface area contributed by atoms with E-state index in [1.807, 2.05) is 29.6 Å². The molecule has 2 aliphatic rings. The first kappa shape index (κ1) is 19.6. The number of hydrogen-bond donors (Lipinski definition) is 0. The topological polar surface area (TPSA) is 84.7 Å². The van der Waals surface area contributed by atoms with Crippen molar-refractivity contribution in [1.29, 1.82) is 0 Å². The van der Waals surface area contributed by atoms with Gasteiger partial charge in [-0.3, -0.25) is 4.79 Å². The van der Waals surface area contributed by atoms with Gasteiger partial charge in [0.1, 0.15) is 11.8 Å². The molecule has 4 heterocycles. The number of amides is 1. The second-order valence-corrected chi connectivity index (χ2v) is 9.40. The number of hydrogen-bond acceptors (Lipinski definition) is 8. The smallest absolute Gasteiger partial charge is 0.277 e. The fourth-order valence-corrected chi connectivity index (χ4v) is 5.36. The van der Waals surface area contributed by atoms with E-state index in [1.165, 1.54) is 31.0 Å². The average Bonchev–Trinajstić information content (AvgIpc) is 3.57. The molecule has 30 heavy (non-hydrogen) atoms. The molecule has 0 aromatic carbocycles. The molecule has 0 spiro atoms. The molecule has 1 amide bonds. The molecule has 0 bridgehead atoms. The highest BCUT2D eigenvalue weighted by molar-refractivity contribution is 7.99. The van der Waals surface area contributed by atoms with Crippen molar-refractivity contribution in [2.75, 3.05) is 5.75 Å². The summed E-state index contributed by atoms with van der Waals surface area (Å²) in [7, 11) is 0. The van der Waals surface area contributed by atoms with Gasteiger partial charge < -0.3 is 8.83 Å². The first-order chi connectivity index (χ1) is 14.8. The van der Waals surface area contributed by atoms with E-state index in [-0.39, 0.29) is 17.7 Å². The Kier molecular flexibility index (Phi) is 5.72. The van der Waals surface area contributed by atoms with Crippen molar-refractivity contribution >= 4 is 34.7 Å². The van der Waals surface area contributed by atoms with Crippen molar-refractivity contribution in [2.45, 2.75) is 55.7 Å². The Labute approximate surface area is 182 Å². The molecule has 5 rings (SSSR count). The number of carbonyl (C=O) groups excluding carboxylic acids is 1. The maximum Gasteiger partial charge on any atom is 0.277 e. The highest BCUT2D eigenvalue weighted by Gasteiger charge is 2.35. The molecule has 0 saturated heterocycles. The molecule has 0 N–H and O–H groups in total. The van der Waals surface area contributed by atoms with Gasteiger partial charge in [0, 0.05) is 12.3 Å². The fraction of sp³-hybridized carbons (Fsp3) is 0.429. The molecular weight excluding hydrogens is 420 g/mol. The van der Waals surface area contributed by atoms with E-state index < -0.39 is 0 Å². The van der Waals surface area contributed by atoms with Crippen molar-refractivity contribution in [1.82, 2.24) is 15.2 Å². The van der Waals surface area contributed by atoms with Gasteiger partial charge in [0.15, 0.2) is 0 Å². The number of thiophene rings is 1. The summed E-state index contributed by atoms with van der Waals surface area (Å²) in [6, 6.07) is 7.51. The van der Waals surface area contributed by atoms with Gasteiger partial charge in [0.05, 0.1) is 22.6 Å². The number of furan rings is 1. The maximum absolute atomic E-state index is 13.0. The lowest BCUT2D eigenvalue weighted by atomic mass is 9.89. The van der Waals surface area contributed by atoms with Gasteiger partial charge in [-0.05, 0) is 36.4 Å². The van der Waals surface area contributed by atoms with Crippen molar-refractivity contribution < 1.29 is 13.6 Å². The predicted molar refractivity (Wildman–Crippen MR) is 115 cm³/mol. The molecule has 1 fully saturated rings. The third kappa shape index (κ3) is 4.09. The highest BCUT2D eigenvalue weighted by Crippen LogP contribution is 2.36. The van der Waals surface area contributed by atoms with Crippen molar-refractivity contribution in [3.63, 3.8) is 0 Å². The molecule has 1 unspecified atom stereocenters. The summed E-state index contributed by atoms with van der Waals surface area (Å²) in [6.07, 6.45) is 8.16. The lowest BCUT2D eigenvalue weighted by molar-refractivity contribution is -0.130. The number of rotatable bonds is 6. The zero-order chi connectivity index (χ0) is 20.3. The van der Waals surface area contributed by atoms with Crippen LogP contribution in [0.1, 0.15) is 67.0 Å². The molecule has 3 aromatic rings. The largest absolute Gasteiger partial charge is 0.467 e. The first-order valence-corrected chi connectivity index (χ1v) is 12.1. The molecule has 3 aromatic heterocycles. The van der Waals surface area contributed by atoms with Crippen LogP contribution in [0.15, 0.2) is 55.1 Å². The Morgan fingerprint density at radius 1 is 1.20 bits per heavy atom. The van der Waals surface area contributed by atoms with E-state index in [9.17, 15) is 4.79 Å². The van der Waals surface area contributed by atoms with E-state index in [4.69, 9.17) is 8.83 Å². The summed E-state index contributed by atoms with van der Waals surface area (Å²) in [6.45, 7) is 0. The number of carbonyl (C=O) groups is 1. The molecule has 0 radical (unpaired) electrons. The molecule has 1 aliphatic carbocycles. The lowest BCUT2D eigenvalue weighted by Crippen LogP contribution is -2.28. The van der Waals surface area contributed by atoms with Gasteiger partial charge >= 0.3 is 0 Å². The number of nitrogens with zero attached hydrogens (tertiary/aromatic N) is 4. The highest BCUT2D eigenvalue weighted by atomic mass is 32.2. The number of thioether (sulfide) groups is 1. The summed E-state index contributed by atoms with van der Waals surface area (Å²) in [4.78, 5) is 14.1. The minimum absolute atomic E-state index is 0.106. The van der Waals surface area contributed by atoms with Crippen LogP contribution in [0.5, 0.6) is 0 Å². The van der Waals surface area contributed by atoms with Gasteiger partial charge in [-0.25, -0.2) is 5.01 Å². The van der Waals surface area contributed by atoms with Crippen molar-refractivity contribution in [3.05, 3.63) is 52.4 Å². The van der Waals surface area contributed by atoms with Crippen LogP contribution in [0.25, 0.3) is 0 Å². The Bertz CT molecular complexity index is 1010. The molecule has 1 aliphatic heterocycles. The number of hydrazone groups is 1. The predicted octanol–water partition coefficient (Wildman–Crippen LogP) is 5.24. The fourth-order valence-electron chi connectivity index (χ4n) is 4.02. The van der Waals surface area contributed by atoms with E-state index in [2.05, 4.69) is 15.3 Å². The minimum atomic E-state index is -0.231. The minimum Gasteiger partial charge on any atom is -0.467 e. The summed E-state index contributed by atoms with van der Waals surface area (Å²) >= 11 is 2.89. The summed E-state index contributed by atoms with van der Waals surface area (Å²) in [5.74, 6) is 1.88. The van der Waals surface area contributed by atoms with Crippen LogP contribution in [0.4, 0.5) is 0 Å². The van der Waals surface area contributed by atoms with Crippen molar-refractivity contribution in [3.8, 4) is 0 Å². The van der Waals surface area contributed by atoms with E-state index in [1.54, 1.807) is 22.6 Å². The van der Waals surface area contributed by atoms with Gasteiger partial charge in [-0.1, -0.05) is 37.1 Å². The molecule has 9 heteroatoms. The average molecular weight is 443 g/mol. The third-order valence-corrected chi connectivity index (χ3v) is 7.26. The second-order valence-electron chi connectivity index (χ2n) is 7.53. The van der Waals surface area contributed by atoms with Crippen LogP contribution >= 0.6 is 23.1 Å². The Balaban J connectivity index is 1.27. The van der Waals surface area contributed by atoms with Crippen LogP contribution in [-0.2, 0) is 4.79 Å². The molecule has 7 nitrogen and oxygen atoms in total. The molecule has 1 atom stereocenters. The van der Waals surface area contributed by atoms with Crippen LogP contribution in [-0.4, -0.2) is 32.6 Å². The van der Waals surface area contributed by atoms with Crippen LogP contribution in [0.2, 0.25) is 0 Å². The first-order valence-electron chi connectivity index (χ1n) is 10.2. The second kappa shape index (κ2) is 8.77. The Hall–Kier alpha value is -2.39. The Morgan fingerprint density at radius 2 is 2.10 bits per heavy atom. The zero-order valence-corrected chi connectivity index (χ0v) is 18.0. The van der Waals surface area contributed by atoms with Crippen LogP contribution in [0.3, 0.4) is 0 Å². The van der Waals surface area contributed by atoms with E-state index >= 15 is 0 Å². The van der Waals surface area contributed by atoms with E-state index in [0.717, 1.165) is 29.2 Å². The standard InChI is InChI=1S/C21H22N4O3S2/c26-19(13-30-21-23-22-20(28-21)14-6-2-1-3-7-14)25-16(17-8-4-10-27-17)12-15(24-25)18-9-5-11-29-18/h4-5,8-11,14,16H,1-3,6-7,12-13H2. The third-order valence-electron chi connectivity index (χ3n) is 5.54. The maximum atomic E-state index is 13.0.